The van der Waals surface area contributed by atoms with Crippen LogP contribution in [0.5, 0.6) is 0 Å². The van der Waals surface area contributed by atoms with Crippen molar-refractivity contribution in [2.45, 2.75) is 51.1 Å². The molecule has 1 aliphatic heterocycles. The fraction of sp³-hybridized carbons (Fsp3) is 0.650. The lowest BCUT2D eigenvalue weighted by atomic mass is 9.97. The first kappa shape index (κ1) is 20.5. The molecule has 2 fully saturated rings. The zero-order valence-electron chi connectivity index (χ0n) is 15.5. The molecule has 1 saturated heterocycles. The second-order valence-corrected chi connectivity index (χ2v) is 7.92. The molecule has 1 atom stereocenters. The van der Waals surface area contributed by atoms with E-state index in [1.165, 1.54) is 0 Å². The largest absolute Gasteiger partial charge is 0.335 e. The molecule has 2 aliphatic rings. The van der Waals surface area contributed by atoms with Gasteiger partial charge in [-0.3, -0.25) is 4.79 Å². The molecule has 7 heteroatoms. The summed E-state index contributed by atoms with van der Waals surface area (Å²) in [5, 5.41) is 6.71. The van der Waals surface area contributed by atoms with Crippen molar-refractivity contribution in [2.75, 3.05) is 26.2 Å². The predicted molar refractivity (Wildman–Crippen MR) is 103 cm³/mol. The van der Waals surface area contributed by atoms with Crippen LogP contribution in [0.25, 0.3) is 0 Å². The highest BCUT2D eigenvalue weighted by Crippen LogP contribution is 2.32. The van der Waals surface area contributed by atoms with E-state index in [9.17, 15) is 13.6 Å². The Kier molecular flexibility index (Phi) is 7.44. The van der Waals surface area contributed by atoms with Gasteiger partial charge < -0.3 is 15.5 Å². The maximum absolute atomic E-state index is 13.0. The van der Waals surface area contributed by atoms with E-state index in [-0.39, 0.29) is 18.4 Å². The molecule has 0 radical (unpaired) electrons. The van der Waals surface area contributed by atoms with Gasteiger partial charge in [-0.05, 0) is 62.4 Å². The summed E-state index contributed by atoms with van der Waals surface area (Å²) in [6.45, 7) is 2.47. The second-order valence-electron chi connectivity index (χ2n) is 7.51. The van der Waals surface area contributed by atoms with Crippen LogP contribution in [0, 0.1) is 5.92 Å². The Labute approximate surface area is 164 Å². The standard InChI is InChI=1S/C20H28ClF2N3O/c21-18-6-3-14(7-9-25-12-19(22)23)10-16(18)13-26(17-4-5-17)20(27)15-2-1-8-24-11-15/h3,6,10,15,17,19,24-25H,1-2,4-5,7-9,11-13H2. The minimum atomic E-state index is -2.34. The van der Waals surface area contributed by atoms with Crippen LogP contribution in [-0.2, 0) is 17.8 Å². The minimum Gasteiger partial charge on any atom is -0.335 e. The molecule has 2 N–H and O–H groups in total. The molecule has 27 heavy (non-hydrogen) atoms. The van der Waals surface area contributed by atoms with Crippen molar-refractivity contribution in [3.63, 3.8) is 0 Å². The number of hydrogen-bond donors (Lipinski definition) is 2. The molecule has 0 spiro atoms. The maximum atomic E-state index is 13.0. The van der Waals surface area contributed by atoms with Crippen molar-refractivity contribution >= 4 is 17.5 Å². The summed E-state index contributed by atoms with van der Waals surface area (Å²) >= 11 is 6.39. The van der Waals surface area contributed by atoms with Gasteiger partial charge in [-0.15, -0.1) is 0 Å². The first-order chi connectivity index (χ1) is 13.0. The number of benzene rings is 1. The monoisotopic (exact) mass is 399 g/mol. The third-order valence-electron chi connectivity index (χ3n) is 5.26. The Morgan fingerprint density at radius 1 is 1.33 bits per heavy atom. The minimum absolute atomic E-state index is 0.0554. The first-order valence-electron chi connectivity index (χ1n) is 9.82. The summed E-state index contributed by atoms with van der Waals surface area (Å²) in [5.74, 6) is 0.282. The van der Waals surface area contributed by atoms with Crippen molar-refractivity contribution in [3.8, 4) is 0 Å². The van der Waals surface area contributed by atoms with Gasteiger partial charge in [0.2, 0.25) is 5.91 Å². The van der Waals surface area contributed by atoms with Gasteiger partial charge in [-0.25, -0.2) is 8.78 Å². The van der Waals surface area contributed by atoms with Crippen LogP contribution < -0.4 is 10.6 Å². The summed E-state index contributed by atoms with van der Waals surface area (Å²) in [6, 6.07) is 6.10. The zero-order chi connectivity index (χ0) is 19.2. The molecule has 1 saturated carbocycles. The molecular formula is C20H28ClF2N3O. The lowest BCUT2D eigenvalue weighted by Gasteiger charge is -2.30. The van der Waals surface area contributed by atoms with E-state index in [0.29, 0.717) is 30.6 Å². The van der Waals surface area contributed by atoms with E-state index < -0.39 is 6.43 Å². The summed E-state index contributed by atoms with van der Waals surface area (Å²) in [6.07, 6.45) is 2.41. The van der Waals surface area contributed by atoms with E-state index in [1.54, 1.807) is 0 Å². The molecule has 150 valence electrons. The van der Waals surface area contributed by atoms with Gasteiger partial charge in [0, 0.05) is 24.2 Å². The molecule has 1 unspecified atom stereocenters. The van der Waals surface area contributed by atoms with Gasteiger partial charge in [0.1, 0.15) is 0 Å². The normalized spacial score (nSPS) is 20.1. The van der Waals surface area contributed by atoms with Crippen molar-refractivity contribution in [2.24, 2.45) is 5.92 Å². The van der Waals surface area contributed by atoms with E-state index in [4.69, 9.17) is 11.6 Å². The Morgan fingerprint density at radius 3 is 2.81 bits per heavy atom. The lowest BCUT2D eigenvalue weighted by Crippen LogP contribution is -2.43. The van der Waals surface area contributed by atoms with Crippen molar-refractivity contribution < 1.29 is 13.6 Å². The number of piperidine rings is 1. The van der Waals surface area contributed by atoms with Crippen molar-refractivity contribution in [3.05, 3.63) is 34.3 Å². The Balaban J connectivity index is 1.63. The average molecular weight is 400 g/mol. The summed E-state index contributed by atoms with van der Waals surface area (Å²) < 4.78 is 24.4. The molecule has 1 heterocycles. The quantitative estimate of drug-likeness (QED) is 0.627. The maximum Gasteiger partial charge on any atom is 0.250 e. The fourth-order valence-corrected chi connectivity index (χ4v) is 3.78. The molecule has 1 amide bonds. The van der Waals surface area contributed by atoms with Gasteiger partial charge in [0.25, 0.3) is 6.43 Å². The summed E-state index contributed by atoms with van der Waals surface area (Å²) in [4.78, 5) is 15.0. The topological polar surface area (TPSA) is 44.4 Å². The van der Waals surface area contributed by atoms with Gasteiger partial charge in [-0.1, -0.05) is 23.7 Å². The smallest absolute Gasteiger partial charge is 0.250 e. The molecular weight excluding hydrogens is 372 g/mol. The predicted octanol–water partition coefficient (Wildman–Crippen LogP) is 3.23. The van der Waals surface area contributed by atoms with E-state index in [1.807, 2.05) is 23.1 Å². The van der Waals surface area contributed by atoms with E-state index in [0.717, 1.165) is 49.9 Å². The first-order valence-corrected chi connectivity index (χ1v) is 10.2. The third-order valence-corrected chi connectivity index (χ3v) is 5.63. The number of halogens is 3. The summed E-state index contributed by atoms with van der Waals surface area (Å²) in [7, 11) is 0. The molecule has 0 aromatic heterocycles. The third kappa shape index (κ3) is 6.13. The van der Waals surface area contributed by atoms with Crippen LogP contribution in [0.3, 0.4) is 0 Å². The highest BCUT2D eigenvalue weighted by Gasteiger charge is 2.36. The number of rotatable bonds is 9. The highest BCUT2D eigenvalue weighted by molar-refractivity contribution is 6.31. The lowest BCUT2D eigenvalue weighted by molar-refractivity contribution is -0.137. The van der Waals surface area contributed by atoms with Crippen molar-refractivity contribution in [1.82, 2.24) is 15.5 Å². The van der Waals surface area contributed by atoms with Gasteiger partial charge in [0.05, 0.1) is 12.5 Å². The Bertz CT molecular complexity index is 634. The van der Waals surface area contributed by atoms with Crippen LogP contribution in [0.2, 0.25) is 5.02 Å². The molecule has 4 nitrogen and oxygen atoms in total. The van der Waals surface area contributed by atoms with Crippen LogP contribution >= 0.6 is 11.6 Å². The summed E-state index contributed by atoms with van der Waals surface area (Å²) in [5.41, 5.74) is 1.98. The van der Waals surface area contributed by atoms with E-state index in [2.05, 4.69) is 10.6 Å². The van der Waals surface area contributed by atoms with Gasteiger partial charge >= 0.3 is 0 Å². The Morgan fingerprint density at radius 2 is 2.15 bits per heavy atom. The SMILES string of the molecule is O=C(C1CCCNC1)N(Cc1cc(CCNCC(F)F)ccc1Cl)C1CC1. The Hall–Kier alpha value is -1.24. The zero-order valence-corrected chi connectivity index (χ0v) is 16.3. The fourth-order valence-electron chi connectivity index (χ4n) is 3.60. The second kappa shape index (κ2) is 9.80. The molecule has 1 aliphatic carbocycles. The number of alkyl halides is 2. The number of carbonyl (C=O) groups is 1. The number of carbonyl (C=O) groups excluding carboxylic acids is 1. The van der Waals surface area contributed by atoms with Crippen LogP contribution in [0.15, 0.2) is 18.2 Å². The average Bonchev–Trinajstić information content (AvgIpc) is 3.50. The number of nitrogens with one attached hydrogen (secondary N) is 2. The highest BCUT2D eigenvalue weighted by atomic mass is 35.5. The molecule has 1 aromatic rings. The number of amides is 1. The van der Waals surface area contributed by atoms with Gasteiger partial charge in [0.15, 0.2) is 0 Å². The number of hydrogen-bond acceptors (Lipinski definition) is 3. The molecule has 0 bridgehead atoms. The van der Waals surface area contributed by atoms with Crippen LogP contribution in [0.1, 0.15) is 36.8 Å². The molecule has 1 aromatic carbocycles. The van der Waals surface area contributed by atoms with Gasteiger partial charge in [-0.2, -0.15) is 0 Å². The van der Waals surface area contributed by atoms with Crippen molar-refractivity contribution in [1.29, 1.82) is 0 Å². The van der Waals surface area contributed by atoms with Crippen LogP contribution in [-0.4, -0.2) is 49.5 Å². The van der Waals surface area contributed by atoms with E-state index >= 15 is 0 Å². The van der Waals surface area contributed by atoms with Crippen LogP contribution in [0.4, 0.5) is 8.78 Å². The number of nitrogens with zero attached hydrogens (tertiary/aromatic N) is 1. The molecule has 3 rings (SSSR count).